The summed E-state index contributed by atoms with van der Waals surface area (Å²) in [7, 11) is 1.74. The van der Waals surface area contributed by atoms with Crippen molar-refractivity contribution in [3.8, 4) is 22.7 Å². The van der Waals surface area contributed by atoms with Crippen molar-refractivity contribution in [1.82, 2.24) is 20.2 Å². The van der Waals surface area contributed by atoms with Gasteiger partial charge in [-0.1, -0.05) is 24.3 Å². The van der Waals surface area contributed by atoms with Crippen molar-refractivity contribution in [1.29, 1.82) is 0 Å². The third-order valence-electron chi connectivity index (χ3n) is 2.46. The molecule has 17 heavy (non-hydrogen) atoms. The van der Waals surface area contributed by atoms with E-state index in [0.717, 1.165) is 16.9 Å². The summed E-state index contributed by atoms with van der Waals surface area (Å²) in [5.41, 5.74) is 1.97. The predicted molar refractivity (Wildman–Crippen MR) is 61.9 cm³/mol. The van der Waals surface area contributed by atoms with Gasteiger partial charge >= 0.3 is 0 Å². The zero-order valence-corrected chi connectivity index (χ0v) is 9.24. The molecule has 5 heteroatoms. The third-order valence-corrected chi connectivity index (χ3v) is 2.46. The van der Waals surface area contributed by atoms with Crippen molar-refractivity contribution < 1.29 is 4.42 Å². The molecule has 0 bridgehead atoms. The van der Waals surface area contributed by atoms with Gasteiger partial charge in [0.15, 0.2) is 0 Å². The standard InChI is InChI=1S/C12H10N4O/c1-16-14-12(13-15-16)10-6-4-9(5-7-10)11-3-2-8-17-11/h2-8H,1H3. The Kier molecular flexibility index (Phi) is 2.22. The maximum atomic E-state index is 5.32. The highest BCUT2D eigenvalue weighted by Gasteiger charge is 2.05. The Morgan fingerprint density at radius 3 is 2.41 bits per heavy atom. The molecule has 5 nitrogen and oxygen atoms in total. The van der Waals surface area contributed by atoms with Crippen LogP contribution in [0.4, 0.5) is 0 Å². The number of furan rings is 1. The minimum Gasteiger partial charge on any atom is -0.464 e. The second kappa shape index (κ2) is 3.86. The highest BCUT2D eigenvalue weighted by molar-refractivity contribution is 5.63. The van der Waals surface area contributed by atoms with Crippen LogP contribution in [0.15, 0.2) is 47.1 Å². The Labute approximate surface area is 97.7 Å². The van der Waals surface area contributed by atoms with Crippen LogP contribution in [-0.4, -0.2) is 20.2 Å². The lowest BCUT2D eigenvalue weighted by Gasteiger charge is -1.98. The summed E-state index contributed by atoms with van der Waals surface area (Å²) in [4.78, 5) is 1.44. The van der Waals surface area contributed by atoms with Crippen LogP contribution < -0.4 is 0 Å². The molecule has 0 saturated heterocycles. The fourth-order valence-corrected chi connectivity index (χ4v) is 1.63. The van der Waals surface area contributed by atoms with E-state index >= 15 is 0 Å². The summed E-state index contributed by atoms with van der Waals surface area (Å²) in [5.74, 6) is 1.47. The monoisotopic (exact) mass is 226 g/mol. The second-order valence-corrected chi connectivity index (χ2v) is 3.66. The number of tetrazole rings is 1. The summed E-state index contributed by atoms with van der Waals surface area (Å²) in [6, 6.07) is 11.7. The van der Waals surface area contributed by atoms with Crippen LogP contribution in [0.1, 0.15) is 0 Å². The minimum atomic E-state index is 0.624. The van der Waals surface area contributed by atoms with E-state index in [1.807, 2.05) is 36.4 Å². The van der Waals surface area contributed by atoms with Gasteiger partial charge in [0.05, 0.1) is 13.3 Å². The van der Waals surface area contributed by atoms with Gasteiger partial charge < -0.3 is 4.42 Å². The Balaban J connectivity index is 1.95. The highest BCUT2D eigenvalue weighted by Crippen LogP contribution is 2.22. The molecule has 3 rings (SSSR count). The highest BCUT2D eigenvalue weighted by atomic mass is 16.3. The minimum absolute atomic E-state index is 0.624. The average molecular weight is 226 g/mol. The Bertz CT molecular complexity index is 610. The summed E-state index contributed by atoms with van der Waals surface area (Å²) in [6.07, 6.45) is 1.66. The van der Waals surface area contributed by atoms with Crippen molar-refractivity contribution in [2.24, 2.45) is 7.05 Å². The van der Waals surface area contributed by atoms with E-state index in [1.165, 1.54) is 4.80 Å². The molecular weight excluding hydrogens is 216 g/mol. The van der Waals surface area contributed by atoms with Gasteiger partial charge in [-0.2, -0.15) is 4.80 Å². The van der Waals surface area contributed by atoms with Crippen molar-refractivity contribution in [2.75, 3.05) is 0 Å². The number of rotatable bonds is 2. The molecule has 0 aliphatic rings. The molecule has 0 aliphatic heterocycles. The first-order chi connectivity index (χ1) is 8.33. The number of nitrogens with zero attached hydrogens (tertiary/aromatic N) is 4. The Morgan fingerprint density at radius 1 is 1.06 bits per heavy atom. The zero-order valence-electron chi connectivity index (χ0n) is 9.24. The molecule has 0 amide bonds. The van der Waals surface area contributed by atoms with Crippen LogP contribution in [0.2, 0.25) is 0 Å². The zero-order chi connectivity index (χ0) is 11.7. The van der Waals surface area contributed by atoms with Gasteiger partial charge in [-0.05, 0) is 17.3 Å². The summed E-state index contributed by atoms with van der Waals surface area (Å²) < 4.78 is 5.32. The lowest BCUT2D eigenvalue weighted by Crippen LogP contribution is -1.91. The molecule has 0 fully saturated rings. The van der Waals surface area contributed by atoms with Gasteiger partial charge in [-0.15, -0.1) is 10.2 Å². The van der Waals surface area contributed by atoms with Crippen molar-refractivity contribution in [3.63, 3.8) is 0 Å². The van der Waals surface area contributed by atoms with Crippen molar-refractivity contribution in [3.05, 3.63) is 42.7 Å². The maximum Gasteiger partial charge on any atom is 0.204 e. The maximum absolute atomic E-state index is 5.32. The Hall–Kier alpha value is -2.43. The van der Waals surface area contributed by atoms with E-state index in [-0.39, 0.29) is 0 Å². The molecule has 2 aromatic heterocycles. The van der Waals surface area contributed by atoms with Gasteiger partial charge in [0.25, 0.3) is 0 Å². The number of benzene rings is 1. The fraction of sp³-hybridized carbons (Fsp3) is 0.0833. The summed E-state index contributed by atoms with van der Waals surface area (Å²) in [5, 5.41) is 11.9. The van der Waals surface area contributed by atoms with Gasteiger partial charge in [-0.3, -0.25) is 0 Å². The van der Waals surface area contributed by atoms with Gasteiger partial charge in [-0.25, -0.2) is 0 Å². The van der Waals surface area contributed by atoms with Crippen LogP contribution in [0.3, 0.4) is 0 Å². The molecule has 2 heterocycles. The van der Waals surface area contributed by atoms with E-state index in [2.05, 4.69) is 15.4 Å². The van der Waals surface area contributed by atoms with Crippen LogP contribution in [0.25, 0.3) is 22.7 Å². The van der Waals surface area contributed by atoms with Crippen LogP contribution in [0.5, 0.6) is 0 Å². The van der Waals surface area contributed by atoms with Crippen molar-refractivity contribution >= 4 is 0 Å². The topological polar surface area (TPSA) is 56.7 Å². The lowest BCUT2D eigenvalue weighted by molar-refractivity contribution is 0.582. The third kappa shape index (κ3) is 1.82. The van der Waals surface area contributed by atoms with E-state index in [1.54, 1.807) is 13.3 Å². The van der Waals surface area contributed by atoms with Gasteiger partial charge in [0.1, 0.15) is 5.76 Å². The normalized spacial score (nSPS) is 10.6. The van der Waals surface area contributed by atoms with Gasteiger partial charge in [0.2, 0.25) is 5.82 Å². The molecular formula is C12H10N4O. The molecule has 3 aromatic rings. The molecule has 0 N–H and O–H groups in total. The molecule has 0 unspecified atom stereocenters. The lowest BCUT2D eigenvalue weighted by atomic mass is 10.1. The smallest absolute Gasteiger partial charge is 0.204 e. The first-order valence-electron chi connectivity index (χ1n) is 5.21. The largest absolute Gasteiger partial charge is 0.464 e. The van der Waals surface area contributed by atoms with Gasteiger partial charge in [0, 0.05) is 11.1 Å². The quantitative estimate of drug-likeness (QED) is 0.671. The van der Waals surface area contributed by atoms with E-state index in [0.29, 0.717) is 5.82 Å². The van der Waals surface area contributed by atoms with E-state index < -0.39 is 0 Å². The predicted octanol–water partition coefficient (Wildman–Crippen LogP) is 2.14. The number of hydrogen-bond acceptors (Lipinski definition) is 4. The van der Waals surface area contributed by atoms with Crippen LogP contribution in [0, 0.1) is 0 Å². The van der Waals surface area contributed by atoms with Crippen molar-refractivity contribution in [2.45, 2.75) is 0 Å². The number of aryl methyl sites for hydroxylation is 1. The Morgan fingerprint density at radius 2 is 1.82 bits per heavy atom. The molecule has 0 aliphatic carbocycles. The van der Waals surface area contributed by atoms with Crippen LogP contribution >= 0.6 is 0 Å². The molecule has 0 spiro atoms. The van der Waals surface area contributed by atoms with E-state index in [4.69, 9.17) is 4.42 Å². The fourth-order valence-electron chi connectivity index (χ4n) is 1.63. The number of hydrogen-bond donors (Lipinski definition) is 0. The van der Waals surface area contributed by atoms with E-state index in [9.17, 15) is 0 Å². The first-order valence-corrected chi connectivity index (χ1v) is 5.21. The molecule has 0 radical (unpaired) electrons. The molecule has 0 saturated carbocycles. The van der Waals surface area contributed by atoms with Crippen LogP contribution in [-0.2, 0) is 7.05 Å². The molecule has 0 atom stereocenters. The molecule has 1 aromatic carbocycles. The SMILES string of the molecule is Cn1nnc(-c2ccc(-c3ccco3)cc2)n1. The number of aromatic nitrogens is 4. The first kappa shape index (κ1) is 9.77. The summed E-state index contributed by atoms with van der Waals surface area (Å²) in [6.45, 7) is 0. The molecule has 84 valence electrons. The second-order valence-electron chi connectivity index (χ2n) is 3.66. The summed E-state index contributed by atoms with van der Waals surface area (Å²) >= 11 is 0. The average Bonchev–Trinajstić information content (AvgIpc) is 3.00.